The topological polar surface area (TPSA) is 108 Å². The number of aromatic amines is 1. The minimum Gasteiger partial charge on any atom is -0.465 e. The summed E-state index contributed by atoms with van der Waals surface area (Å²) >= 11 is 3.65. The Balaban J connectivity index is 1.52. The van der Waals surface area contributed by atoms with Crippen LogP contribution in [0.3, 0.4) is 0 Å². The maximum atomic E-state index is 11.9. The fourth-order valence-electron chi connectivity index (χ4n) is 6.53. The normalized spacial score (nSPS) is 23.7. The third-order valence-electron chi connectivity index (χ3n) is 8.96. The fourth-order valence-corrected chi connectivity index (χ4v) is 6.98. The van der Waals surface area contributed by atoms with Crippen molar-refractivity contribution in [2.75, 3.05) is 20.3 Å². The molecule has 2 aliphatic heterocycles. The van der Waals surface area contributed by atoms with E-state index in [1.807, 2.05) is 31.3 Å². The van der Waals surface area contributed by atoms with Gasteiger partial charge in [-0.1, -0.05) is 33.3 Å². The van der Waals surface area contributed by atoms with E-state index in [0.717, 1.165) is 51.8 Å². The van der Waals surface area contributed by atoms with E-state index in [-0.39, 0.29) is 29.5 Å². The van der Waals surface area contributed by atoms with Crippen LogP contribution < -0.4 is 0 Å². The van der Waals surface area contributed by atoms with E-state index in [4.69, 9.17) is 14.5 Å². The van der Waals surface area contributed by atoms with Gasteiger partial charge in [0, 0.05) is 40.9 Å². The number of benzene rings is 1. The molecule has 0 radical (unpaired) electrons. The predicted octanol–water partition coefficient (Wildman–Crippen LogP) is 6.93. The van der Waals surface area contributed by atoms with Crippen molar-refractivity contribution in [3.63, 3.8) is 0 Å². The number of rotatable bonds is 8. The second kappa shape index (κ2) is 11.1. The van der Waals surface area contributed by atoms with Gasteiger partial charge in [-0.05, 0) is 83.4 Å². The first-order valence-corrected chi connectivity index (χ1v) is 14.9. The Labute approximate surface area is 244 Å². The number of hydrogen-bond acceptors (Lipinski definition) is 5. The van der Waals surface area contributed by atoms with Crippen molar-refractivity contribution in [2.45, 2.75) is 82.0 Å². The Hall–Kier alpha value is -2.46. The number of alkyl halides is 1. The van der Waals surface area contributed by atoms with Crippen LogP contribution in [0.4, 0.5) is 4.79 Å². The number of carbonyl (C=O) groups is 1. The Morgan fingerprint density at radius 2 is 1.95 bits per heavy atom. The summed E-state index contributed by atoms with van der Waals surface area (Å²) in [6.45, 7) is 9.13. The molecule has 1 amide bonds. The number of piperidine rings is 1. The van der Waals surface area contributed by atoms with Crippen molar-refractivity contribution in [1.29, 1.82) is 0 Å². The zero-order chi connectivity index (χ0) is 28.8. The first-order chi connectivity index (χ1) is 19.0. The van der Waals surface area contributed by atoms with Crippen molar-refractivity contribution in [3.8, 4) is 11.3 Å². The molecule has 0 aliphatic carbocycles. The average Bonchev–Trinajstić information content (AvgIpc) is 3.35. The molecule has 9 heteroatoms. The minimum atomic E-state index is -1.16. The van der Waals surface area contributed by atoms with E-state index in [9.17, 15) is 15.0 Å². The van der Waals surface area contributed by atoms with E-state index in [1.54, 1.807) is 12.0 Å². The summed E-state index contributed by atoms with van der Waals surface area (Å²) in [5.74, 6) is 0.188. The van der Waals surface area contributed by atoms with Crippen LogP contribution in [0.15, 0.2) is 36.5 Å². The maximum absolute atomic E-state index is 11.9. The summed E-state index contributed by atoms with van der Waals surface area (Å²) in [5.41, 5.74) is 5.27. The molecule has 2 fully saturated rings. The van der Waals surface area contributed by atoms with Crippen molar-refractivity contribution < 1.29 is 24.5 Å². The molecular weight excluding hydrogens is 574 g/mol. The number of aromatic nitrogens is 2. The van der Waals surface area contributed by atoms with Crippen LogP contribution in [0.2, 0.25) is 0 Å². The number of ether oxygens (including phenoxy) is 2. The molecule has 8 nitrogen and oxygen atoms in total. The highest BCUT2D eigenvalue weighted by molar-refractivity contribution is 9.09. The SMILES string of the molecule is CCCC(C)(C)C(O)(Br)c1ccc2[nH]c(-c3cc([C@H]4C[C@H]5COC[C@@H](C4)N5C(=O)O)cnc3C(C)OC)cc2c1. The van der Waals surface area contributed by atoms with Crippen LogP contribution in [0.5, 0.6) is 0 Å². The second-order valence-electron chi connectivity index (χ2n) is 12.0. The molecule has 0 saturated carbocycles. The summed E-state index contributed by atoms with van der Waals surface area (Å²) in [4.78, 5) is 21.9. The molecule has 2 unspecified atom stereocenters. The van der Waals surface area contributed by atoms with Crippen LogP contribution >= 0.6 is 15.9 Å². The molecule has 5 rings (SSSR count). The molecule has 3 aromatic rings. The van der Waals surface area contributed by atoms with E-state index in [1.165, 1.54) is 0 Å². The minimum absolute atomic E-state index is 0.150. The van der Waals surface area contributed by atoms with Gasteiger partial charge >= 0.3 is 6.09 Å². The summed E-state index contributed by atoms with van der Waals surface area (Å²) < 4.78 is 10.2. The van der Waals surface area contributed by atoms with Gasteiger partial charge < -0.3 is 24.7 Å². The molecule has 4 heterocycles. The molecule has 2 aliphatic rings. The third-order valence-corrected chi connectivity index (χ3v) is 10.5. The van der Waals surface area contributed by atoms with Crippen molar-refractivity contribution in [3.05, 3.63) is 53.3 Å². The van der Waals surface area contributed by atoms with E-state index >= 15 is 0 Å². The first kappa shape index (κ1) is 29.0. The zero-order valence-corrected chi connectivity index (χ0v) is 25.5. The summed E-state index contributed by atoms with van der Waals surface area (Å²) in [6, 6.07) is 10.0. The fraction of sp³-hybridized carbons (Fsp3) is 0.548. The van der Waals surface area contributed by atoms with Crippen LogP contribution in [0, 0.1) is 5.41 Å². The number of H-pyrrole nitrogens is 1. The number of aliphatic hydroxyl groups is 1. The molecule has 2 aromatic heterocycles. The third kappa shape index (κ3) is 5.17. The molecule has 2 bridgehead atoms. The van der Waals surface area contributed by atoms with E-state index < -0.39 is 10.6 Å². The lowest BCUT2D eigenvalue weighted by Gasteiger charge is -2.47. The van der Waals surface area contributed by atoms with Crippen molar-refractivity contribution in [1.82, 2.24) is 14.9 Å². The number of methoxy groups -OCH3 is 1. The zero-order valence-electron chi connectivity index (χ0n) is 23.9. The quantitative estimate of drug-likeness (QED) is 0.238. The molecule has 40 heavy (non-hydrogen) atoms. The number of morpholine rings is 1. The van der Waals surface area contributed by atoms with Crippen LogP contribution in [-0.2, 0) is 14.0 Å². The highest BCUT2D eigenvalue weighted by Gasteiger charge is 2.43. The van der Waals surface area contributed by atoms with Crippen LogP contribution in [0.25, 0.3) is 22.2 Å². The Kier molecular flexibility index (Phi) is 8.05. The van der Waals surface area contributed by atoms with Crippen LogP contribution in [-0.4, -0.2) is 63.6 Å². The van der Waals surface area contributed by atoms with Gasteiger partial charge in [0.1, 0.15) is 4.51 Å². The van der Waals surface area contributed by atoms with Gasteiger partial charge in [-0.2, -0.15) is 0 Å². The molecule has 5 atom stereocenters. The van der Waals surface area contributed by atoms with Gasteiger partial charge in [0.05, 0.1) is 37.1 Å². The maximum Gasteiger partial charge on any atom is 0.407 e. The molecule has 0 spiro atoms. The Morgan fingerprint density at radius 1 is 1.25 bits per heavy atom. The first-order valence-electron chi connectivity index (χ1n) is 14.1. The number of pyridine rings is 1. The van der Waals surface area contributed by atoms with Gasteiger partial charge in [0.2, 0.25) is 0 Å². The molecule has 216 valence electrons. The summed E-state index contributed by atoms with van der Waals surface area (Å²) in [6.07, 6.45) is 4.10. The summed E-state index contributed by atoms with van der Waals surface area (Å²) in [5, 5.41) is 22.3. The van der Waals surface area contributed by atoms with E-state index in [2.05, 4.69) is 53.8 Å². The van der Waals surface area contributed by atoms with Gasteiger partial charge in [-0.15, -0.1) is 0 Å². The van der Waals surface area contributed by atoms with E-state index in [0.29, 0.717) is 26.1 Å². The molecule has 1 aromatic carbocycles. The highest BCUT2D eigenvalue weighted by atomic mass is 79.9. The van der Waals surface area contributed by atoms with Crippen molar-refractivity contribution in [2.24, 2.45) is 5.41 Å². The molecule has 2 saturated heterocycles. The molecule has 3 N–H and O–H groups in total. The average molecular weight is 615 g/mol. The van der Waals surface area contributed by atoms with Gasteiger partial charge in [0.25, 0.3) is 0 Å². The number of nitrogens with one attached hydrogen (secondary N) is 1. The van der Waals surface area contributed by atoms with Crippen molar-refractivity contribution >= 4 is 32.9 Å². The van der Waals surface area contributed by atoms with Gasteiger partial charge in [-0.25, -0.2) is 4.79 Å². The van der Waals surface area contributed by atoms with Gasteiger partial charge in [-0.3, -0.25) is 9.88 Å². The number of carboxylic acid groups (broad SMARTS) is 1. The lowest BCUT2D eigenvalue weighted by atomic mass is 9.78. The Morgan fingerprint density at radius 3 is 2.58 bits per heavy atom. The number of hydrogen-bond donors (Lipinski definition) is 3. The number of nitrogens with zero attached hydrogens (tertiary/aromatic N) is 2. The van der Waals surface area contributed by atoms with Gasteiger partial charge in [0.15, 0.2) is 0 Å². The number of halogens is 1. The largest absolute Gasteiger partial charge is 0.465 e. The second-order valence-corrected chi connectivity index (χ2v) is 13.2. The monoisotopic (exact) mass is 613 g/mol. The van der Waals surface area contributed by atoms with Crippen LogP contribution in [0.1, 0.15) is 82.2 Å². The number of amides is 1. The standard InChI is InChI=1S/C31H40BrN3O5/c1-6-9-30(3,4)31(32,38)22-7-8-26-20(10-22)14-27(34-26)25-13-21(15-33-28(25)18(2)39-5)19-11-23-16-40-17-24(12-19)35(23)29(36)37/h7-8,10,13-15,18-19,23-24,34,38H,6,9,11-12,16-17H2,1-5H3,(H,36,37)/t18?,19-,23-,24+,31?. The summed E-state index contributed by atoms with van der Waals surface area (Å²) in [7, 11) is 1.68. The predicted molar refractivity (Wildman–Crippen MR) is 159 cm³/mol. The molecular formula is C31H40BrN3O5. The highest BCUT2D eigenvalue weighted by Crippen LogP contribution is 2.48. The number of fused-ring (bicyclic) bond motifs is 3. The smallest absolute Gasteiger partial charge is 0.407 e. The lowest BCUT2D eigenvalue weighted by molar-refractivity contribution is -0.0646. The Bertz CT molecular complexity index is 1370. The lowest BCUT2D eigenvalue weighted by Crippen LogP contribution is -2.58.